The summed E-state index contributed by atoms with van der Waals surface area (Å²) in [5.74, 6) is -3.33. The van der Waals surface area contributed by atoms with Crippen LogP contribution in [0.25, 0.3) is 33.8 Å². The van der Waals surface area contributed by atoms with E-state index in [1.807, 2.05) is 0 Å². The van der Waals surface area contributed by atoms with Gasteiger partial charge in [-0.25, -0.2) is 14.4 Å². The zero-order valence-electron chi connectivity index (χ0n) is 16.8. The number of carboxylic acids is 3. The van der Waals surface area contributed by atoms with E-state index in [-0.39, 0.29) is 16.7 Å². The normalized spacial score (nSPS) is 10.5. The third-order valence-corrected chi connectivity index (χ3v) is 4.84. The monoisotopic (exact) mass is 441 g/mol. The van der Waals surface area contributed by atoms with Gasteiger partial charge in [0.05, 0.1) is 33.8 Å². The standard InChI is InChI=1S/C24H15N3O6/c28-22(29)13-1-4-25-19(10-13)16-7-17(20-11-14(23(30)31)2-5-26-20)9-18(8-16)21-12-15(24(32)33)3-6-27-21/h1-12H,(H,28,29)(H,30,31)(H,32,33). The second kappa shape index (κ2) is 8.67. The molecule has 0 unspecified atom stereocenters. The Kier molecular flexibility index (Phi) is 5.60. The molecule has 162 valence electrons. The Bertz CT molecular complexity index is 1230. The van der Waals surface area contributed by atoms with Gasteiger partial charge in [0.2, 0.25) is 0 Å². The first-order valence-electron chi connectivity index (χ1n) is 9.56. The molecular weight excluding hydrogens is 426 g/mol. The zero-order chi connectivity index (χ0) is 23.5. The van der Waals surface area contributed by atoms with E-state index in [2.05, 4.69) is 15.0 Å². The first-order chi connectivity index (χ1) is 15.8. The molecule has 33 heavy (non-hydrogen) atoms. The lowest BCUT2D eigenvalue weighted by atomic mass is 9.97. The molecule has 3 aromatic heterocycles. The molecule has 0 aliphatic carbocycles. The Morgan fingerprint density at radius 1 is 0.485 bits per heavy atom. The van der Waals surface area contributed by atoms with Gasteiger partial charge in [0.1, 0.15) is 0 Å². The van der Waals surface area contributed by atoms with Gasteiger partial charge in [-0.3, -0.25) is 15.0 Å². The number of aromatic nitrogens is 3. The Morgan fingerprint density at radius 2 is 0.758 bits per heavy atom. The van der Waals surface area contributed by atoms with Gasteiger partial charge in [-0.1, -0.05) is 0 Å². The van der Waals surface area contributed by atoms with E-state index in [0.717, 1.165) is 0 Å². The van der Waals surface area contributed by atoms with Crippen molar-refractivity contribution in [3.05, 3.63) is 89.9 Å². The molecule has 0 bridgehead atoms. The van der Waals surface area contributed by atoms with E-state index >= 15 is 0 Å². The summed E-state index contributed by atoms with van der Waals surface area (Å²) in [6.07, 6.45) is 4.12. The highest BCUT2D eigenvalue weighted by atomic mass is 16.4. The fourth-order valence-corrected chi connectivity index (χ4v) is 3.24. The minimum absolute atomic E-state index is 0.0453. The summed E-state index contributed by atoms with van der Waals surface area (Å²) >= 11 is 0. The summed E-state index contributed by atoms with van der Waals surface area (Å²) < 4.78 is 0. The first-order valence-corrected chi connectivity index (χ1v) is 9.56. The van der Waals surface area contributed by atoms with Crippen LogP contribution in [0.5, 0.6) is 0 Å². The Balaban J connectivity index is 1.94. The molecule has 0 aliphatic heterocycles. The first kappa shape index (κ1) is 21.3. The highest BCUT2D eigenvalue weighted by Crippen LogP contribution is 2.31. The maximum Gasteiger partial charge on any atom is 0.335 e. The fourth-order valence-electron chi connectivity index (χ4n) is 3.24. The molecule has 0 aliphatic rings. The van der Waals surface area contributed by atoms with Crippen LogP contribution in [0, 0.1) is 0 Å². The maximum absolute atomic E-state index is 11.4. The fraction of sp³-hybridized carbons (Fsp3) is 0. The van der Waals surface area contributed by atoms with Crippen LogP contribution < -0.4 is 0 Å². The highest BCUT2D eigenvalue weighted by molar-refractivity contribution is 5.91. The number of hydrogen-bond acceptors (Lipinski definition) is 6. The topological polar surface area (TPSA) is 151 Å². The van der Waals surface area contributed by atoms with Gasteiger partial charge < -0.3 is 15.3 Å². The van der Waals surface area contributed by atoms with E-state index in [0.29, 0.717) is 33.8 Å². The van der Waals surface area contributed by atoms with Gasteiger partial charge in [-0.2, -0.15) is 0 Å². The molecule has 4 rings (SSSR count). The summed E-state index contributed by atoms with van der Waals surface area (Å²) in [6.45, 7) is 0. The van der Waals surface area contributed by atoms with Gasteiger partial charge in [0.15, 0.2) is 0 Å². The van der Waals surface area contributed by atoms with Crippen molar-refractivity contribution in [1.29, 1.82) is 0 Å². The van der Waals surface area contributed by atoms with Gasteiger partial charge >= 0.3 is 17.9 Å². The molecule has 0 amide bonds. The second-order valence-corrected chi connectivity index (χ2v) is 7.00. The molecule has 3 N–H and O–H groups in total. The smallest absolute Gasteiger partial charge is 0.335 e. The molecule has 9 nitrogen and oxygen atoms in total. The zero-order valence-corrected chi connectivity index (χ0v) is 16.8. The van der Waals surface area contributed by atoms with Crippen LogP contribution in [-0.2, 0) is 0 Å². The minimum Gasteiger partial charge on any atom is -0.478 e. The number of nitrogens with zero attached hydrogens (tertiary/aromatic N) is 3. The molecule has 0 saturated carbocycles. The van der Waals surface area contributed by atoms with Crippen molar-refractivity contribution < 1.29 is 29.7 Å². The van der Waals surface area contributed by atoms with Crippen molar-refractivity contribution >= 4 is 17.9 Å². The Labute approximate surface area is 186 Å². The lowest BCUT2D eigenvalue weighted by molar-refractivity contribution is 0.0686. The molecule has 0 spiro atoms. The van der Waals surface area contributed by atoms with Crippen LogP contribution in [0.3, 0.4) is 0 Å². The molecule has 3 heterocycles. The summed E-state index contributed by atoms with van der Waals surface area (Å²) in [5, 5.41) is 28.0. The molecule has 0 fully saturated rings. The number of benzene rings is 1. The van der Waals surface area contributed by atoms with Gasteiger partial charge in [-0.05, 0) is 54.6 Å². The lowest BCUT2D eigenvalue weighted by Gasteiger charge is -2.11. The summed E-state index contributed by atoms with van der Waals surface area (Å²) in [4.78, 5) is 47.0. The van der Waals surface area contributed by atoms with Crippen molar-refractivity contribution in [3.63, 3.8) is 0 Å². The molecule has 0 saturated heterocycles. The minimum atomic E-state index is -1.11. The van der Waals surface area contributed by atoms with Crippen molar-refractivity contribution in [1.82, 2.24) is 15.0 Å². The average molecular weight is 441 g/mol. The number of rotatable bonds is 6. The SMILES string of the molecule is O=C(O)c1ccnc(-c2cc(-c3cc(C(=O)O)ccn3)cc(-c3cc(C(=O)O)ccn3)c2)c1. The highest BCUT2D eigenvalue weighted by Gasteiger charge is 2.14. The number of pyridine rings is 3. The molecule has 4 aromatic rings. The van der Waals surface area contributed by atoms with Crippen molar-refractivity contribution in [2.75, 3.05) is 0 Å². The van der Waals surface area contributed by atoms with E-state index in [4.69, 9.17) is 0 Å². The van der Waals surface area contributed by atoms with Gasteiger partial charge in [0.25, 0.3) is 0 Å². The second-order valence-electron chi connectivity index (χ2n) is 7.00. The predicted molar refractivity (Wildman–Crippen MR) is 117 cm³/mol. The number of hydrogen-bond donors (Lipinski definition) is 3. The van der Waals surface area contributed by atoms with Crippen LogP contribution in [-0.4, -0.2) is 48.2 Å². The van der Waals surface area contributed by atoms with Gasteiger partial charge in [-0.15, -0.1) is 0 Å². The molecule has 0 atom stereocenters. The molecular formula is C24H15N3O6. The van der Waals surface area contributed by atoms with E-state index in [9.17, 15) is 29.7 Å². The predicted octanol–water partition coefficient (Wildman–Crippen LogP) is 3.97. The third-order valence-electron chi connectivity index (χ3n) is 4.84. The van der Waals surface area contributed by atoms with E-state index in [1.54, 1.807) is 18.2 Å². The average Bonchev–Trinajstić information content (AvgIpc) is 2.84. The van der Waals surface area contributed by atoms with Crippen LogP contribution in [0.15, 0.2) is 73.2 Å². The molecule has 1 aromatic carbocycles. The van der Waals surface area contributed by atoms with Crippen LogP contribution >= 0.6 is 0 Å². The largest absolute Gasteiger partial charge is 0.478 e. The van der Waals surface area contributed by atoms with Crippen molar-refractivity contribution in [3.8, 4) is 33.8 Å². The van der Waals surface area contributed by atoms with Gasteiger partial charge in [0, 0.05) is 35.3 Å². The number of carboxylic acid groups (broad SMARTS) is 3. The molecule has 0 radical (unpaired) electrons. The quantitative estimate of drug-likeness (QED) is 0.404. The third kappa shape index (κ3) is 4.57. The Morgan fingerprint density at radius 3 is 1.00 bits per heavy atom. The number of aromatic carboxylic acids is 3. The maximum atomic E-state index is 11.4. The van der Waals surface area contributed by atoms with Crippen LogP contribution in [0.4, 0.5) is 0 Å². The lowest BCUT2D eigenvalue weighted by Crippen LogP contribution is -1.99. The number of carbonyl (C=O) groups is 3. The molecule has 9 heteroatoms. The van der Waals surface area contributed by atoms with Crippen LogP contribution in [0.1, 0.15) is 31.1 Å². The van der Waals surface area contributed by atoms with E-state index in [1.165, 1.54) is 55.0 Å². The van der Waals surface area contributed by atoms with Crippen molar-refractivity contribution in [2.24, 2.45) is 0 Å². The Hall–Kier alpha value is -4.92. The van der Waals surface area contributed by atoms with E-state index < -0.39 is 17.9 Å². The summed E-state index contributed by atoms with van der Waals surface area (Å²) in [6, 6.07) is 13.4. The van der Waals surface area contributed by atoms with Crippen LogP contribution in [0.2, 0.25) is 0 Å². The summed E-state index contributed by atoms with van der Waals surface area (Å²) in [5.41, 5.74) is 2.80. The van der Waals surface area contributed by atoms with Crippen molar-refractivity contribution in [2.45, 2.75) is 0 Å². The summed E-state index contributed by atoms with van der Waals surface area (Å²) in [7, 11) is 0.